The molecule has 3 nitrogen and oxygen atoms in total. The molecule has 2 N–H and O–H groups in total. The van der Waals surface area contributed by atoms with Crippen molar-refractivity contribution >= 4 is 18.3 Å². The van der Waals surface area contributed by atoms with Crippen LogP contribution in [-0.4, -0.2) is 23.9 Å². The SMILES string of the molecule is Cc1ccc(C(N)C(=O)N2CC3C(C2)C3(C)C)cc1.Cl. The Labute approximate surface area is 126 Å². The van der Waals surface area contributed by atoms with Gasteiger partial charge in [-0.3, -0.25) is 4.79 Å². The van der Waals surface area contributed by atoms with Gasteiger partial charge in [0.1, 0.15) is 6.04 Å². The van der Waals surface area contributed by atoms with Gasteiger partial charge < -0.3 is 10.6 Å². The van der Waals surface area contributed by atoms with Crippen molar-refractivity contribution in [2.24, 2.45) is 23.0 Å². The monoisotopic (exact) mass is 294 g/mol. The first kappa shape index (κ1) is 15.3. The highest BCUT2D eigenvalue weighted by atomic mass is 35.5. The summed E-state index contributed by atoms with van der Waals surface area (Å²) in [7, 11) is 0. The van der Waals surface area contributed by atoms with Crippen LogP contribution in [0.25, 0.3) is 0 Å². The zero-order chi connectivity index (χ0) is 13.8. The minimum atomic E-state index is -0.513. The molecule has 110 valence electrons. The smallest absolute Gasteiger partial charge is 0.244 e. The molecule has 1 amide bonds. The van der Waals surface area contributed by atoms with E-state index in [1.54, 1.807) is 0 Å². The molecule has 0 radical (unpaired) electrons. The number of amides is 1. The average molecular weight is 295 g/mol. The summed E-state index contributed by atoms with van der Waals surface area (Å²) in [6.45, 7) is 8.40. The van der Waals surface area contributed by atoms with Gasteiger partial charge in [-0.2, -0.15) is 0 Å². The normalized spacial score (nSPS) is 27.5. The van der Waals surface area contributed by atoms with Gasteiger partial charge >= 0.3 is 0 Å². The molecular formula is C16H23ClN2O. The number of hydrogen-bond donors (Lipinski definition) is 1. The second kappa shape index (κ2) is 5.05. The number of carbonyl (C=O) groups is 1. The van der Waals surface area contributed by atoms with Crippen LogP contribution in [0.1, 0.15) is 31.0 Å². The fraction of sp³-hybridized carbons (Fsp3) is 0.562. The molecule has 0 bridgehead atoms. The topological polar surface area (TPSA) is 46.3 Å². The number of likely N-dealkylation sites (tertiary alicyclic amines) is 1. The Hall–Kier alpha value is -1.06. The Morgan fingerprint density at radius 3 is 2.25 bits per heavy atom. The van der Waals surface area contributed by atoms with Crippen molar-refractivity contribution < 1.29 is 4.79 Å². The van der Waals surface area contributed by atoms with Crippen LogP contribution < -0.4 is 5.73 Å². The van der Waals surface area contributed by atoms with E-state index >= 15 is 0 Å². The first-order valence-corrected chi connectivity index (χ1v) is 7.02. The molecule has 1 aromatic rings. The molecule has 0 spiro atoms. The van der Waals surface area contributed by atoms with Crippen molar-refractivity contribution in [2.45, 2.75) is 26.8 Å². The van der Waals surface area contributed by atoms with Gasteiger partial charge in [-0.25, -0.2) is 0 Å². The van der Waals surface area contributed by atoms with E-state index in [1.807, 2.05) is 36.1 Å². The predicted octanol–water partition coefficient (Wildman–Crippen LogP) is 2.53. The van der Waals surface area contributed by atoms with Gasteiger partial charge in [-0.1, -0.05) is 43.7 Å². The highest BCUT2D eigenvalue weighted by molar-refractivity contribution is 5.85. The molecule has 20 heavy (non-hydrogen) atoms. The summed E-state index contributed by atoms with van der Waals surface area (Å²) < 4.78 is 0. The summed E-state index contributed by atoms with van der Waals surface area (Å²) >= 11 is 0. The Morgan fingerprint density at radius 1 is 1.25 bits per heavy atom. The quantitative estimate of drug-likeness (QED) is 0.911. The van der Waals surface area contributed by atoms with Crippen molar-refractivity contribution in [3.63, 3.8) is 0 Å². The lowest BCUT2D eigenvalue weighted by Gasteiger charge is -2.25. The van der Waals surface area contributed by atoms with Crippen molar-refractivity contribution in [3.8, 4) is 0 Å². The van der Waals surface area contributed by atoms with Crippen molar-refractivity contribution in [1.82, 2.24) is 4.90 Å². The van der Waals surface area contributed by atoms with E-state index in [2.05, 4.69) is 13.8 Å². The van der Waals surface area contributed by atoms with Gasteiger partial charge in [0.05, 0.1) is 0 Å². The second-order valence-electron chi connectivity index (χ2n) is 6.67. The van der Waals surface area contributed by atoms with Crippen LogP contribution in [0.15, 0.2) is 24.3 Å². The minimum Gasteiger partial charge on any atom is -0.340 e. The van der Waals surface area contributed by atoms with Gasteiger partial charge in [0, 0.05) is 13.1 Å². The summed E-state index contributed by atoms with van der Waals surface area (Å²) in [5.74, 6) is 1.44. The van der Waals surface area contributed by atoms with Crippen LogP contribution in [0.5, 0.6) is 0 Å². The van der Waals surface area contributed by atoms with Crippen LogP contribution >= 0.6 is 12.4 Å². The highest BCUT2D eigenvalue weighted by Crippen LogP contribution is 2.62. The molecule has 1 saturated heterocycles. The molecule has 0 aromatic heterocycles. The van der Waals surface area contributed by atoms with Crippen LogP contribution in [-0.2, 0) is 4.79 Å². The van der Waals surface area contributed by atoms with E-state index in [4.69, 9.17) is 5.73 Å². The number of hydrogen-bond acceptors (Lipinski definition) is 2. The third-order valence-corrected chi connectivity index (χ3v) is 5.14. The van der Waals surface area contributed by atoms with Gasteiger partial charge in [-0.15, -0.1) is 12.4 Å². The molecule has 1 heterocycles. The average Bonchev–Trinajstić information content (AvgIpc) is 2.79. The van der Waals surface area contributed by atoms with E-state index < -0.39 is 6.04 Å². The second-order valence-corrected chi connectivity index (χ2v) is 6.67. The van der Waals surface area contributed by atoms with Crippen LogP contribution in [0.4, 0.5) is 0 Å². The summed E-state index contributed by atoms with van der Waals surface area (Å²) in [4.78, 5) is 14.4. The summed E-state index contributed by atoms with van der Waals surface area (Å²) in [5.41, 5.74) is 8.64. The number of fused-ring (bicyclic) bond motifs is 1. The molecule has 3 rings (SSSR count). The number of piperidine rings is 1. The molecule has 3 atom stereocenters. The fourth-order valence-electron chi connectivity index (χ4n) is 3.42. The number of benzene rings is 1. The molecular weight excluding hydrogens is 272 g/mol. The van der Waals surface area contributed by atoms with Crippen LogP contribution in [0, 0.1) is 24.2 Å². The number of carbonyl (C=O) groups excluding carboxylic acids is 1. The number of nitrogens with zero attached hydrogens (tertiary/aromatic N) is 1. The fourth-order valence-corrected chi connectivity index (χ4v) is 3.42. The number of halogens is 1. The Kier molecular flexibility index (Phi) is 3.87. The van der Waals surface area contributed by atoms with Gasteiger partial charge in [0.15, 0.2) is 0 Å². The lowest BCUT2D eigenvalue weighted by atomic mass is 10.0. The summed E-state index contributed by atoms with van der Waals surface area (Å²) in [6, 6.07) is 7.42. The Morgan fingerprint density at radius 2 is 1.75 bits per heavy atom. The largest absolute Gasteiger partial charge is 0.340 e. The number of aryl methyl sites for hydroxylation is 1. The van der Waals surface area contributed by atoms with Gasteiger partial charge in [0.2, 0.25) is 5.91 Å². The zero-order valence-electron chi connectivity index (χ0n) is 12.3. The zero-order valence-corrected chi connectivity index (χ0v) is 13.1. The molecule has 1 aliphatic heterocycles. The molecule has 1 aromatic carbocycles. The third kappa shape index (κ3) is 2.33. The molecule has 3 unspecified atom stereocenters. The Bertz CT molecular complexity index is 498. The first-order chi connectivity index (χ1) is 8.91. The Balaban J connectivity index is 0.00000147. The molecule has 1 saturated carbocycles. The van der Waals surface area contributed by atoms with Crippen molar-refractivity contribution in [2.75, 3.05) is 13.1 Å². The minimum absolute atomic E-state index is 0. The maximum atomic E-state index is 12.4. The summed E-state index contributed by atoms with van der Waals surface area (Å²) in [5, 5.41) is 0. The maximum absolute atomic E-state index is 12.4. The maximum Gasteiger partial charge on any atom is 0.244 e. The predicted molar refractivity (Wildman–Crippen MR) is 82.7 cm³/mol. The highest BCUT2D eigenvalue weighted by Gasteiger charge is 2.62. The third-order valence-electron chi connectivity index (χ3n) is 5.14. The van der Waals surface area contributed by atoms with E-state index in [-0.39, 0.29) is 18.3 Å². The van der Waals surface area contributed by atoms with E-state index in [9.17, 15) is 4.79 Å². The van der Waals surface area contributed by atoms with Crippen LogP contribution in [0.2, 0.25) is 0 Å². The van der Waals surface area contributed by atoms with Gasteiger partial charge in [0.25, 0.3) is 0 Å². The molecule has 2 aliphatic rings. The number of rotatable bonds is 2. The van der Waals surface area contributed by atoms with Crippen molar-refractivity contribution in [1.29, 1.82) is 0 Å². The lowest BCUT2D eigenvalue weighted by Crippen LogP contribution is -2.39. The lowest BCUT2D eigenvalue weighted by molar-refractivity contribution is -0.132. The van der Waals surface area contributed by atoms with E-state index in [1.165, 1.54) is 5.56 Å². The van der Waals surface area contributed by atoms with E-state index in [0.29, 0.717) is 17.3 Å². The van der Waals surface area contributed by atoms with E-state index in [0.717, 1.165) is 18.7 Å². The molecule has 2 fully saturated rings. The number of nitrogens with two attached hydrogens (primary N) is 1. The van der Waals surface area contributed by atoms with Gasteiger partial charge in [-0.05, 0) is 29.7 Å². The summed E-state index contributed by atoms with van der Waals surface area (Å²) in [6.07, 6.45) is 0. The van der Waals surface area contributed by atoms with Crippen LogP contribution in [0.3, 0.4) is 0 Å². The van der Waals surface area contributed by atoms with Crippen molar-refractivity contribution in [3.05, 3.63) is 35.4 Å². The standard InChI is InChI=1S/C16H22N2O.ClH/c1-10-4-6-11(7-5-10)14(17)15(19)18-8-12-13(9-18)16(12,2)3;/h4-7,12-14H,8-9,17H2,1-3H3;1H. The molecule has 4 heteroatoms. The molecule has 1 aliphatic carbocycles. The first-order valence-electron chi connectivity index (χ1n) is 7.02.